The Morgan fingerprint density at radius 3 is 3.00 bits per heavy atom. The fourth-order valence-corrected chi connectivity index (χ4v) is 3.29. The molecule has 1 unspecified atom stereocenters. The minimum atomic E-state index is -0.281. The Morgan fingerprint density at radius 2 is 2.27 bits per heavy atom. The lowest BCUT2D eigenvalue weighted by atomic mass is 10.2. The van der Waals surface area contributed by atoms with Crippen LogP contribution in [0.3, 0.4) is 0 Å². The molecule has 22 heavy (non-hydrogen) atoms. The molecule has 6 heteroatoms. The third-order valence-corrected chi connectivity index (χ3v) is 4.58. The van der Waals surface area contributed by atoms with E-state index in [2.05, 4.69) is 0 Å². The van der Waals surface area contributed by atoms with Crippen molar-refractivity contribution >= 4 is 17.9 Å². The van der Waals surface area contributed by atoms with Crippen molar-refractivity contribution in [3.05, 3.63) is 23.8 Å². The maximum Gasteiger partial charge on any atom is 0.410 e. The molecule has 0 spiro atoms. The van der Waals surface area contributed by atoms with Crippen molar-refractivity contribution in [2.45, 2.75) is 32.9 Å². The molecule has 1 N–H and O–H groups in total. The van der Waals surface area contributed by atoms with Gasteiger partial charge in [0.2, 0.25) is 0 Å². The number of thioether (sulfide) groups is 1. The molecule has 0 bridgehead atoms. The van der Waals surface area contributed by atoms with Crippen molar-refractivity contribution in [1.82, 2.24) is 4.90 Å². The summed E-state index contributed by atoms with van der Waals surface area (Å²) >= 11 is 1.81. The average molecular weight is 325 g/mol. The zero-order chi connectivity index (χ0) is 16.1. The molecule has 1 aromatic rings. The summed E-state index contributed by atoms with van der Waals surface area (Å²) in [6.45, 7) is 6.56. The first-order chi connectivity index (χ1) is 10.5. The number of nitrogens with zero attached hydrogens (tertiary/aromatic N) is 1. The highest BCUT2D eigenvalue weighted by molar-refractivity contribution is 7.99. The SMILES string of the molecule is Cc1c(O)cccc1OCC1CSCCN1C(=O)OC(C)C. The van der Waals surface area contributed by atoms with Crippen LogP contribution in [-0.2, 0) is 4.74 Å². The van der Waals surface area contributed by atoms with Crippen molar-refractivity contribution in [1.29, 1.82) is 0 Å². The number of ether oxygens (including phenoxy) is 2. The molecular weight excluding hydrogens is 302 g/mol. The van der Waals surface area contributed by atoms with Gasteiger partial charge in [-0.05, 0) is 32.9 Å². The molecular formula is C16H23NO4S. The van der Waals surface area contributed by atoms with Gasteiger partial charge in [0.05, 0.1) is 12.1 Å². The van der Waals surface area contributed by atoms with Gasteiger partial charge in [-0.2, -0.15) is 11.8 Å². The molecule has 122 valence electrons. The number of hydrogen-bond donors (Lipinski definition) is 1. The van der Waals surface area contributed by atoms with Crippen LogP contribution in [0.25, 0.3) is 0 Å². The number of rotatable bonds is 4. The van der Waals surface area contributed by atoms with Gasteiger partial charge >= 0.3 is 6.09 Å². The van der Waals surface area contributed by atoms with Crippen molar-refractivity contribution in [3.63, 3.8) is 0 Å². The van der Waals surface area contributed by atoms with E-state index in [0.717, 1.165) is 11.5 Å². The number of carbonyl (C=O) groups is 1. The summed E-state index contributed by atoms with van der Waals surface area (Å²) in [6, 6.07) is 5.18. The van der Waals surface area contributed by atoms with E-state index in [0.29, 0.717) is 24.5 Å². The first-order valence-electron chi connectivity index (χ1n) is 7.45. The topological polar surface area (TPSA) is 59.0 Å². The van der Waals surface area contributed by atoms with Crippen LogP contribution in [0.5, 0.6) is 11.5 Å². The second-order valence-corrected chi connectivity index (χ2v) is 6.72. The summed E-state index contributed by atoms with van der Waals surface area (Å²) in [6.07, 6.45) is -0.409. The maximum absolute atomic E-state index is 12.2. The van der Waals surface area contributed by atoms with Crippen molar-refractivity contribution in [2.24, 2.45) is 0 Å². The molecule has 1 atom stereocenters. The fraction of sp³-hybridized carbons (Fsp3) is 0.562. The van der Waals surface area contributed by atoms with E-state index in [1.165, 1.54) is 0 Å². The number of phenolic OH excluding ortho intramolecular Hbond substituents is 1. The molecule has 5 nitrogen and oxygen atoms in total. The van der Waals surface area contributed by atoms with Crippen molar-refractivity contribution < 1.29 is 19.4 Å². The second kappa shape index (κ2) is 7.63. The summed E-state index contributed by atoms with van der Waals surface area (Å²) in [4.78, 5) is 13.9. The Balaban J connectivity index is 1.99. The van der Waals surface area contributed by atoms with Gasteiger partial charge in [0, 0.05) is 23.6 Å². The smallest absolute Gasteiger partial charge is 0.410 e. The van der Waals surface area contributed by atoms with Crippen LogP contribution in [-0.4, -0.2) is 52.9 Å². The van der Waals surface area contributed by atoms with Crippen LogP contribution in [0, 0.1) is 6.92 Å². The zero-order valence-corrected chi connectivity index (χ0v) is 14.1. The van der Waals surface area contributed by atoms with Gasteiger partial charge in [-0.1, -0.05) is 6.07 Å². The predicted molar refractivity (Wildman–Crippen MR) is 87.8 cm³/mol. The molecule has 1 aromatic carbocycles. The molecule has 0 aromatic heterocycles. The lowest BCUT2D eigenvalue weighted by Crippen LogP contribution is -2.49. The van der Waals surface area contributed by atoms with Crippen molar-refractivity contribution in [2.75, 3.05) is 24.7 Å². The monoisotopic (exact) mass is 325 g/mol. The van der Waals surface area contributed by atoms with Crippen LogP contribution < -0.4 is 4.74 Å². The molecule has 0 aliphatic carbocycles. The zero-order valence-electron chi connectivity index (χ0n) is 13.2. The van der Waals surface area contributed by atoms with E-state index in [-0.39, 0.29) is 24.0 Å². The first kappa shape index (κ1) is 16.8. The summed E-state index contributed by atoms with van der Waals surface area (Å²) in [7, 11) is 0. The van der Waals surface area contributed by atoms with Gasteiger partial charge in [-0.25, -0.2) is 4.79 Å². The number of phenols is 1. The van der Waals surface area contributed by atoms with Crippen molar-refractivity contribution in [3.8, 4) is 11.5 Å². The molecule has 0 radical (unpaired) electrons. The number of benzene rings is 1. The Hall–Kier alpha value is -1.56. The quantitative estimate of drug-likeness (QED) is 0.922. The third-order valence-electron chi connectivity index (χ3n) is 3.49. The molecule has 1 aliphatic heterocycles. The average Bonchev–Trinajstić information content (AvgIpc) is 2.48. The highest BCUT2D eigenvalue weighted by Gasteiger charge is 2.29. The van der Waals surface area contributed by atoms with Crippen LogP contribution in [0.4, 0.5) is 4.79 Å². The second-order valence-electron chi connectivity index (χ2n) is 5.57. The molecule has 1 aliphatic rings. The third kappa shape index (κ3) is 4.22. The van der Waals surface area contributed by atoms with E-state index in [4.69, 9.17) is 9.47 Å². The molecule has 1 heterocycles. The summed E-state index contributed by atoms with van der Waals surface area (Å²) in [5.74, 6) is 2.60. The Morgan fingerprint density at radius 1 is 1.50 bits per heavy atom. The van der Waals surface area contributed by atoms with Crippen LogP contribution in [0.1, 0.15) is 19.4 Å². The van der Waals surface area contributed by atoms with Crippen LogP contribution >= 0.6 is 11.8 Å². The maximum atomic E-state index is 12.2. The van der Waals surface area contributed by atoms with Gasteiger partial charge < -0.3 is 19.5 Å². The highest BCUT2D eigenvalue weighted by Crippen LogP contribution is 2.27. The Labute approximate surface area is 135 Å². The largest absolute Gasteiger partial charge is 0.508 e. The summed E-state index contributed by atoms with van der Waals surface area (Å²) in [5, 5.41) is 9.71. The van der Waals surface area contributed by atoms with Gasteiger partial charge in [0.1, 0.15) is 18.1 Å². The number of amides is 1. The molecule has 1 saturated heterocycles. The highest BCUT2D eigenvalue weighted by atomic mass is 32.2. The van der Waals surface area contributed by atoms with Gasteiger partial charge in [-0.15, -0.1) is 0 Å². The predicted octanol–water partition coefficient (Wildman–Crippen LogP) is 3.04. The normalized spacial score (nSPS) is 18.4. The Bertz CT molecular complexity index is 521. The minimum Gasteiger partial charge on any atom is -0.508 e. The number of carbonyl (C=O) groups excluding carboxylic acids is 1. The van der Waals surface area contributed by atoms with E-state index in [1.807, 2.05) is 26.8 Å². The van der Waals surface area contributed by atoms with E-state index >= 15 is 0 Å². The number of hydrogen-bond acceptors (Lipinski definition) is 5. The van der Waals surface area contributed by atoms with Gasteiger partial charge in [0.25, 0.3) is 0 Å². The van der Waals surface area contributed by atoms with Crippen LogP contribution in [0.15, 0.2) is 18.2 Å². The fourth-order valence-electron chi connectivity index (χ4n) is 2.25. The lowest BCUT2D eigenvalue weighted by Gasteiger charge is -2.34. The van der Waals surface area contributed by atoms with E-state index < -0.39 is 0 Å². The van der Waals surface area contributed by atoms with Crippen LogP contribution in [0.2, 0.25) is 0 Å². The first-order valence-corrected chi connectivity index (χ1v) is 8.61. The molecule has 1 fully saturated rings. The Kier molecular flexibility index (Phi) is 5.83. The number of aromatic hydroxyl groups is 1. The summed E-state index contributed by atoms with van der Waals surface area (Å²) in [5.41, 5.74) is 0.710. The molecule has 2 rings (SSSR count). The standard InChI is InChI=1S/C16H23NO4S/c1-11(2)21-16(19)17-7-8-22-10-13(17)9-20-15-6-4-5-14(18)12(15)3/h4-6,11,13,18H,7-10H2,1-3H3. The van der Waals surface area contributed by atoms with Gasteiger partial charge in [-0.3, -0.25) is 0 Å². The summed E-state index contributed by atoms with van der Waals surface area (Å²) < 4.78 is 11.1. The van der Waals surface area contributed by atoms with E-state index in [1.54, 1.807) is 28.8 Å². The molecule has 0 saturated carbocycles. The molecule has 1 amide bonds. The minimum absolute atomic E-state index is 0.0215. The lowest BCUT2D eigenvalue weighted by molar-refractivity contribution is 0.0585. The van der Waals surface area contributed by atoms with E-state index in [9.17, 15) is 9.90 Å². The van der Waals surface area contributed by atoms with Gasteiger partial charge in [0.15, 0.2) is 0 Å².